The number of sulfonamides is 1. The number of rotatable bonds is 9. The third-order valence-corrected chi connectivity index (χ3v) is 8.68. The predicted octanol–water partition coefficient (Wildman–Crippen LogP) is 5.04. The monoisotopic (exact) mass is 553 g/mol. The van der Waals surface area contributed by atoms with Gasteiger partial charge in [0.05, 0.1) is 31.2 Å². The third-order valence-electron chi connectivity index (χ3n) is 6.55. The third kappa shape index (κ3) is 5.67. The number of carbonyl (C=O) groups excluding carboxylic acids is 2. The number of ether oxygens (including phenoxy) is 2. The van der Waals surface area contributed by atoms with Crippen molar-refractivity contribution >= 4 is 33.6 Å². The summed E-state index contributed by atoms with van der Waals surface area (Å²) in [6.07, 6.45) is 0.703. The van der Waals surface area contributed by atoms with E-state index in [2.05, 4.69) is 0 Å². The largest absolute Gasteiger partial charge is 0.465 e. The van der Waals surface area contributed by atoms with Gasteiger partial charge in [-0.05, 0) is 60.7 Å². The molecule has 38 heavy (non-hydrogen) atoms. The molecule has 0 spiro atoms. The van der Waals surface area contributed by atoms with E-state index in [1.165, 1.54) is 18.5 Å². The topological polar surface area (TPSA) is 89.8 Å². The van der Waals surface area contributed by atoms with Crippen LogP contribution in [0.2, 0.25) is 5.02 Å². The first-order valence-electron chi connectivity index (χ1n) is 12.0. The Morgan fingerprint density at radius 1 is 0.868 bits per heavy atom. The van der Waals surface area contributed by atoms with Gasteiger partial charge in [0.25, 0.3) is 0 Å². The number of benzene rings is 3. The molecule has 0 N–H and O–H groups in total. The maximum Gasteiger partial charge on any atom is 0.345 e. The molecular weight excluding hydrogens is 526 g/mol. The molecule has 3 aromatic rings. The van der Waals surface area contributed by atoms with Gasteiger partial charge in [-0.15, -0.1) is 0 Å². The van der Waals surface area contributed by atoms with Crippen LogP contribution in [0, 0.1) is 6.92 Å². The minimum Gasteiger partial charge on any atom is -0.465 e. The second-order valence-corrected chi connectivity index (χ2v) is 11.2. The number of hydrogen-bond acceptors (Lipinski definition) is 6. The molecule has 198 valence electrons. The van der Waals surface area contributed by atoms with E-state index >= 15 is 0 Å². The standard InChI is InChI=1S/C29H28ClNO6S/c1-19-9-16-23(17-10-19)38(34,35)31-26(21-12-14-22(30)15-13-21)27(31)24(18-11-20-7-5-4-6-8-20)25(28(32)36-2)29(33)37-3/h4-10,12-17,26-27H,11,18H2,1-3H3/t26-,27+,31?/m0/s1. The molecule has 0 aromatic heterocycles. The van der Waals surface area contributed by atoms with Gasteiger partial charge in [0.15, 0.2) is 0 Å². The Labute approximate surface area is 227 Å². The molecule has 1 fully saturated rings. The van der Waals surface area contributed by atoms with E-state index in [0.29, 0.717) is 22.6 Å². The van der Waals surface area contributed by atoms with Gasteiger partial charge in [0.1, 0.15) is 5.57 Å². The fraction of sp³-hybridized carbons (Fsp3) is 0.241. The Morgan fingerprint density at radius 3 is 2.00 bits per heavy atom. The average Bonchev–Trinajstić information content (AvgIpc) is 3.68. The number of aryl methyl sites for hydroxylation is 2. The summed E-state index contributed by atoms with van der Waals surface area (Å²) >= 11 is 6.10. The fourth-order valence-electron chi connectivity index (χ4n) is 4.57. The summed E-state index contributed by atoms with van der Waals surface area (Å²) < 4.78 is 39.0. The molecule has 1 unspecified atom stereocenters. The molecule has 3 aromatic carbocycles. The summed E-state index contributed by atoms with van der Waals surface area (Å²) in [5.41, 5.74) is 2.61. The molecule has 3 atom stereocenters. The summed E-state index contributed by atoms with van der Waals surface area (Å²) in [5, 5.41) is 0.503. The molecule has 9 heteroatoms. The van der Waals surface area contributed by atoms with Crippen molar-refractivity contribution in [3.05, 3.63) is 112 Å². The minimum atomic E-state index is -4.00. The summed E-state index contributed by atoms with van der Waals surface area (Å²) in [5.74, 6) is -1.76. The van der Waals surface area contributed by atoms with Crippen LogP contribution in [0.5, 0.6) is 0 Å². The van der Waals surface area contributed by atoms with Crippen molar-refractivity contribution in [1.82, 2.24) is 4.31 Å². The Morgan fingerprint density at radius 2 is 1.45 bits per heavy atom. The summed E-state index contributed by atoms with van der Waals surface area (Å²) in [4.78, 5) is 25.9. The molecular formula is C29H28ClNO6S. The van der Waals surface area contributed by atoms with Gasteiger partial charge in [-0.2, -0.15) is 4.31 Å². The Kier molecular flexibility index (Phi) is 8.35. The SMILES string of the molecule is COC(=O)C(C(=O)OC)=C(CCc1ccccc1)[C@@H]1[C@H](c2ccc(Cl)cc2)N1S(=O)(=O)c1ccc(C)cc1. The number of esters is 2. The van der Waals surface area contributed by atoms with Crippen molar-refractivity contribution < 1.29 is 27.5 Å². The fourth-order valence-corrected chi connectivity index (χ4v) is 6.44. The molecule has 1 aliphatic heterocycles. The van der Waals surface area contributed by atoms with Gasteiger partial charge in [0.2, 0.25) is 10.0 Å². The second kappa shape index (κ2) is 11.5. The molecule has 0 aliphatic carbocycles. The highest BCUT2D eigenvalue weighted by Crippen LogP contribution is 2.52. The van der Waals surface area contributed by atoms with Crippen LogP contribution in [-0.4, -0.2) is 44.9 Å². The quantitative estimate of drug-likeness (QED) is 0.121. The summed E-state index contributed by atoms with van der Waals surface area (Å²) in [6.45, 7) is 1.87. The molecule has 1 saturated heterocycles. The first kappa shape index (κ1) is 27.6. The van der Waals surface area contributed by atoms with Crippen molar-refractivity contribution in [3.63, 3.8) is 0 Å². The van der Waals surface area contributed by atoms with Gasteiger partial charge < -0.3 is 9.47 Å². The van der Waals surface area contributed by atoms with E-state index < -0.39 is 34.0 Å². The van der Waals surface area contributed by atoms with Gasteiger partial charge in [-0.1, -0.05) is 71.8 Å². The lowest BCUT2D eigenvalue weighted by Crippen LogP contribution is -2.23. The van der Waals surface area contributed by atoms with Crippen LogP contribution in [0.15, 0.2) is 94.9 Å². The molecule has 0 saturated carbocycles. The van der Waals surface area contributed by atoms with Crippen molar-refractivity contribution in [2.45, 2.75) is 36.7 Å². The Balaban J connectivity index is 1.87. The number of nitrogens with zero attached hydrogens (tertiary/aromatic N) is 1. The molecule has 1 aliphatic rings. The van der Waals surface area contributed by atoms with Crippen molar-refractivity contribution in [1.29, 1.82) is 0 Å². The van der Waals surface area contributed by atoms with Crippen LogP contribution in [0.1, 0.15) is 29.2 Å². The van der Waals surface area contributed by atoms with Crippen LogP contribution in [0.25, 0.3) is 0 Å². The van der Waals surface area contributed by atoms with Gasteiger partial charge >= 0.3 is 11.9 Å². The zero-order valence-corrected chi connectivity index (χ0v) is 22.8. The van der Waals surface area contributed by atoms with Crippen LogP contribution in [0.4, 0.5) is 0 Å². The number of methoxy groups -OCH3 is 2. The minimum absolute atomic E-state index is 0.115. The predicted molar refractivity (Wildman–Crippen MR) is 144 cm³/mol. The average molecular weight is 554 g/mol. The van der Waals surface area contributed by atoms with Crippen LogP contribution < -0.4 is 0 Å². The van der Waals surface area contributed by atoms with Crippen LogP contribution >= 0.6 is 11.6 Å². The van der Waals surface area contributed by atoms with Gasteiger partial charge in [-0.25, -0.2) is 18.0 Å². The van der Waals surface area contributed by atoms with E-state index in [0.717, 1.165) is 11.1 Å². The second-order valence-electron chi connectivity index (χ2n) is 8.96. The van der Waals surface area contributed by atoms with Crippen molar-refractivity contribution in [2.24, 2.45) is 0 Å². The van der Waals surface area contributed by atoms with E-state index in [9.17, 15) is 18.0 Å². The van der Waals surface area contributed by atoms with E-state index in [1.54, 1.807) is 48.5 Å². The Bertz CT molecular complexity index is 1430. The van der Waals surface area contributed by atoms with E-state index in [4.69, 9.17) is 21.1 Å². The van der Waals surface area contributed by atoms with Gasteiger partial charge in [0, 0.05) is 5.02 Å². The summed E-state index contributed by atoms with van der Waals surface area (Å²) in [6, 6.07) is 21.5. The smallest absolute Gasteiger partial charge is 0.345 e. The van der Waals surface area contributed by atoms with Gasteiger partial charge in [-0.3, -0.25) is 0 Å². The zero-order chi connectivity index (χ0) is 27.4. The molecule has 0 bridgehead atoms. The lowest BCUT2D eigenvalue weighted by Gasteiger charge is -2.14. The molecule has 0 amide bonds. The number of halogens is 1. The molecule has 0 radical (unpaired) electrons. The van der Waals surface area contributed by atoms with E-state index in [-0.39, 0.29) is 16.9 Å². The highest BCUT2D eigenvalue weighted by atomic mass is 35.5. The highest BCUT2D eigenvalue weighted by Gasteiger charge is 2.59. The lowest BCUT2D eigenvalue weighted by atomic mass is 9.94. The van der Waals surface area contributed by atoms with E-state index in [1.807, 2.05) is 37.3 Å². The highest BCUT2D eigenvalue weighted by molar-refractivity contribution is 7.89. The van der Waals surface area contributed by atoms with Crippen LogP contribution in [-0.2, 0) is 35.5 Å². The number of hydrogen-bond donors (Lipinski definition) is 0. The first-order chi connectivity index (χ1) is 18.2. The van der Waals surface area contributed by atoms with Crippen LogP contribution in [0.3, 0.4) is 0 Å². The maximum absolute atomic E-state index is 13.9. The molecule has 7 nitrogen and oxygen atoms in total. The van der Waals surface area contributed by atoms with Crippen molar-refractivity contribution in [2.75, 3.05) is 14.2 Å². The maximum atomic E-state index is 13.9. The zero-order valence-electron chi connectivity index (χ0n) is 21.3. The molecule has 4 rings (SSSR count). The lowest BCUT2D eigenvalue weighted by molar-refractivity contribution is -0.144. The normalized spacial score (nSPS) is 18.4. The van der Waals surface area contributed by atoms with Crippen molar-refractivity contribution in [3.8, 4) is 0 Å². The molecule has 1 heterocycles. The first-order valence-corrected chi connectivity index (χ1v) is 13.8. The Hall–Kier alpha value is -3.46. The number of carbonyl (C=O) groups is 2. The summed E-state index contributed by atoms with van der Waals surface area (Å²) in [7, 11) is -1.66.